The van der Waals surface area contributed by atoms with E-state index in [1.165, 1.54) is 11.0 Å². The van der Waals surface area contributed by atoms with Crippen LogP contribution >= 0.6 is 11.6 Å². The molecule has 6 heteroatoms. The SMILES string of the molecule is OCCN(CC(F)F)c1ccc(CO)c(Cl)c1. The first kappa shape index (κ1) is 14.2. The van der Waals surface area contributed by atoms with Gasteiger partial charge in [0.1, 0.15) is 0 Å². The maximum absolute atomic E-state index is 12.3. The van der Waals surface area contributed by atoms with Crippen molar-refractivity contribution in [3.8, 4) is 0 Å². The van der Waals surface area contributed by atoms with E-state index < -0.39 is 13.0 Å². The van der Waals surface area contributed by atoms with Gasteiger partial charge in [-0.3, -0.25) is 0 Å². The van der Waals surface area contributed by atoms with Gasteiger partial charge in [0, 0.05) is 17.3 Å². The molecule has 0 unspecified atom stereocenters. The fourth-order valence-electron chi connectivity index (χ4n) is 1.47. The second kappa shape index (κ2) is 6.74. The largest absolute Gasteiger partial charge is 0.395 e. The lowest BCUT2D eigenvalue weighted by atomic mass is 10.2. The second-order valence-corrected chi connectivity index (χ2v) is 3.90. The van der Waals surface area contributed by atoms with Crippen molar-refractivity contribution in [3.05, 3.63) is 28.8 Å². The van der Waals surface area contributed by atoms with Crippen LogP contribution in [0, 0.1) is 0 Å². The summed E-state index contributed by atoms with van der Waals surface area (Å²) in [7, 11) is 0. The van der Waals surface area contributed by atoms with Gasteiger partial charge in [0.2, 0.25) is 0 Å². The van der Waals surface area contributed by atoms with Gasteiger partial charge in [0.15, 0.2) is 0 Å². The lowest BCUT2D eigenvalue weighted by Crippen LogP contribution is -2.31. The summed E-state index contributed by atoms with van der Waals surface area (Å²) in [5, 5.41) is 18.1. The van der Waals surface area contributed by atoms with E-state index in [-0.39, 0.29) is 19.8 Å². The van der Waals surface area contributed by atoms with Crippen LogP contribution in [0.1, 0.15) is 5.56 Å². The topological polar surface area (TPSA) is 43.7 Å². The molecule has 0 aliphatic rings. The number of nitrogens with zero attached hydrogens (tertiary/aromatic N) is 1. The van der Waals surface area contributed by atoms with Gasteiger partial charge in [-0.25, -0.2) is 8.78 Å². The van der Waals surface area contributed by atoms with Crippen LogP contribution in [0.25, 0.3) is 0 Å². The van der Waals surface area contributed by atoms with Crippen LogP contribution in [0.4, 0.5) is 14.5 Å². The smallest absolute Gasteiger partial charge is 0.255 e. The Morgan fingerprint density at radius 3 is 2.47 bits per heavy atom. The lowest BCUT2D eigenvalue weighted by Gasteiger charge is -2.24. The third-order valence-electron chi connectivity index (χ3n) is 2.30. The predicted octanol–water partition coefficient (Wildman–Crippen LogP) is 1.90. The molecule has 0 amide bonds. The zero-order valence-corrected chi connectivity index (χ0v) is 9.87. The molecule has 1 rings (SSSR count). The molecule has 1 aromatic carbocycles. The van der Waals surface area contributed by atoms with Crippen molar-refractivity contribution in [3.63, 3.8) is 0 Å². The van der Waals surface area contributed by atoms with Crippen LogP contribution in [0.5, 0.6) is 0 Å². The minimum absolute atomic E-state index is 0.110. The van der Waals surface area contributed by atoms with E-state index in [0.29, 0.717) is 16.3 Å². The lowest BCUT2D eigenvalue weighted by molar-refractivity contribution is 0.153. The minimum atomic E-state index is -2.49. The number of benzene rings is 1. The fraction of sp³-hybridized carbons (Fsp3) is 0.455. The minimum Gasteiger partial charge on any atom is -0.395 e. The van der Waals surface area contributed by atoms with E-state index in [2.05, 4.69) is 0 Å². The van der Waals surface area contributed by atoms with Gasteiger partial charge in [0.05, 0.1) is 19.8 Å². The molecule has 0 heterocycles. The Labute approximate surface area is 103 Å². The highest BCUT2D eigenvalue weighted by molar-refractivity contribution is 6.31. The van der Waals surface area contributed by atoms with Crippen molar-refractivity contribution in [2.75, 3.05) is 24.6 Å². The molecule has 0 bridgehead atoms. The van der Waals surface area contributed by atoms with Crippen LogP contribution < -0.4 is 4.90 Å². The number of alkyl halides is 2. The van der Waals surface area contributed by atoms with E-state index in [1.807, 2.05) is 0 Å². The summed E-state index contributed by atoms with van der Waals surface area (Å²) in [6.07, 6.45) is -2.49. The molecule has 0 aliphatic carbocycles. The molecule has 1 aromatic rings. The van der Waals surface area contributed by atoms with Crippen molar-refractivity contribution < 1.29 is 19.0 Å². The van der Waals surface area contributed by atoms with Gasteiger partial charge in [-0.15, -0.1) is 0 Å². The number of aliphatic hydroxyl groups is 2. The maximum Gasteiger partial charge on any atom is 0.255 e. The molecule has 0 aromatic heterocycles. The maximum atomic E-state index is 12.3. The molecule has 0 aliphatic heterocycles. The van der Waals surface area contributed by atoms with Gasteiger partial charge in [0.25, 0.3) is 6.43 Å². The molecular weight excluding hydrogens is 252 g/mol. The molecule has 0 saturated heterocycles. The van der Waals surface area contributed by atoms with Gasteiger partial charge in [-0.05, 0) is 17.7 Å². The summed E-state index contributed by atoms with van der Waals surface area (Å²) >= 11 is 5.87. The van der Waals surface area contributed by atoms with E-state index in [9.17, 15) is 8.78 Å². The Morgan fingerprint density at radius 1 is 1.29 bits per heavy atom. The van der Waals surface area contributed by atoms with Gasteiger partial charge in [-0.1, -0.05) is 17.7 Å². The first-order chi connectivity index (χ1) is 8.08. The van der Waals surface area contributed by atoms with Crippen molar-refractivity contribution in [2.45, 2.75) is 13.0 Å². The Hall–Kier alpha value is -0.910. The van der Waals surface area contributed by atoms with Crippen molar-refractivity contribution >= 4 is 17.3 Å². The highest BCUT2D eigenvalue weighted by atomic mass is 35.5. The average Bonchev–Trinajstić information content (AvgIpc) is 2.28. The number of hydrogen-bond donors (Lipinski definition) is 2. The number of anilines is 1. The standard InChI is InChI=1S/C11H14ClF2NO2/c12-10-5-9(2-1-8(10)7-17)15(3-4-16)6-11(13)14/h1-2,5,11,16-17H,3-4,6-7H2. The van der Waals surface area contributed by atoms with Crippen molar-refractivity contribution in [1.29, 1.82) is 0 Å². The molecule has 0 atom stereocenters. The van der Waals surface area contributed by atoms with Crippen LogP contribution in [-0.4, -0.2) is 36.3 Å². The summed E-state index contributed by atoms with van der Waals surface area (Å²) in [6.45, 7) is -0.769. The molecular formula is C11H14ClF2NO2. The number of hydrogen-bond acceptors (Lipinski definition) is 3. The average molecular weight is 266 g/mol. The van der Waals surface area contributed by atoms with E-state index in [4.69, 9.17) is 21.8 Å². The number of rotatable bonds is 6. The van der Waals surface area contributed by atoms with Crippen LogP contribution in [0.2, 0.25) is 5.02 Å². The summed E-state index contributed by atoms with van der Waals surface area (Å²) in [5.41, 5.74) is 1.04. The number of halogens is 3. The van der Waals surface area contributed by atoms with Crippen molar-refractivity contribution in [2.24, 2.45) is 0 Å². The quantitative estimate of drug-likeness (QED) is 0.826. The molecule has 17 heavy (non-hydrogen) atoms. The summed E-state index contributed by atoms with van der Waals surface area (Å²) in [4.78, 5) is 1.34. The fourth-order valence-corrected chi connectivity index (χ4v) is 1.71. The van der Waals surface area contributed by atoms with Gasteiger partial charge in [-0.2, -0.15) is 0 Å². The van der Waals surface area contributed by atoms with Crippen LogP contribution in [0.15, 0.2) is 18.2 Å². The highest BCUT2D eigenvalue weighted by Gasteiger charge is 2.13. The summed E-state index contributed by atoms with van der Waals surface area (Å²) in [5.74, 6) is 0. The zero-order chi connectivity index (χ0) is 12.8. The second-order valence-electron chi connectivity index (χ2n) is 3.49. The molecule has 0 radical (unpaired) electrons. The molecule has 0 spiro atoms. The van der Waals surface area contributed by atoms with Crippen molar-refractivity contribution in [1.82, 2.24) is 0 Å². The summed E-state index contributed by atoms with van der Waals surface area (Å²) < 4.78 is 24.7. The highest BCUT2D eigenvalue weighted by Crippen LogP contribution is 2.24. The Bertz CT molecular complexity index is 363. The first-order valence-corrected chi connectivity index (χ1v) is 5.49. The van der Waals surface area contributed by atoms with E-state index >= 15 is 0 Å². The third kappa shape index (κ3) is 4.11. The van der Waals surface area contributed by atoms with E-state index in [1.54, 1.807) is 12.1 Å². The monoisotopic (exact) mass is 265 g/mol. The number of aliphatic hydroxyl groups excluding tert-OH is 2. The molecule has 0 fully saturated rings. The first-order valence-electron chi connectivity index (χ1n) is 5.11. The van der Waals surface area contributed by atoms with Crippen LogP contribution in [-0.2, 0) is 6.61 Å². The molecule has 3 nitrogen and oxygen atoms in total. The van der Waals surface area contributed by atoms with E-state index in [0.717, 1.165) is 0 Å². The van der Waals surface area contributed by atoms with Gasteiger partial charge < -0.3 is 15.1 Å². The predicted molar refractivity (Wildman–Crippen MR) is 62.7 cm³/mol. The Morgan fingerprint density at radius 2 is 2.00 bits per heavy atom. The molecule has 0 saturated carbocycles. The normalized spacial score (nSPS) is 10.9. The molecule has 96 valence electrons. The van der Waals surface area contributed by atoms with Gasteiger partial charge >= 0.3 is 0 Å². The Balaban J connectivity index is 2.89. The zero-order valence-electron chi connectivity index (χ0n) is 9.11. The van der Waals surface area contributed by atoms with Crippen LogP contribution in [0.3, 0.4) is 0 Å². The summed E-state index contributed by atoms with van der Waals surface area (Å²) in [6, 6.07) is 4.67. The Kier molecular flexibility index (Phi) is 5.61. The third-order valence-corrected chi connectivity index (χ3v) is 2.65. The molecule has 2 N–H and O–H groups in total.